The molecule has 0 spiro atoms. The lowest BCUT2D eigenvalue weighted by molar-refractivity contribution is 0.303. The molecule has 0 fully saturated rings. The molecular weight excluding hydrogens is 220 g/mol. The molecule has 2 heteroatoms. The summed E-state index contributed by atoms with van der Waals surface area (Å²) >= 11 is 0. The van der Waals surface area contributed by atoms with E-state index in [0.717, 1.165) is 19.6 Å². The fourth-order valence-corrected chi connectivity index (χ4v) is 2.25. The number of aryl methyl sites for hydroxylation is 2. The number of nitrogens with one attached hydrogen (secondary N) is 1. The average Bonchev–Trinajstić information content (AvgIpc) is 2.34. The van der Waals surface area contributed by atoms with Crippen molar-refractivity contribution in [3.8, 4) is 0 Å². The lowest BCUT2D eigenvalue weighted by Crippen LogP contribution is -2.33. The standard InChI is InChI=1S/C16H28N2/c1-6-10-17-16(12-18(5)7-2)15-9-8-13(3)11-14(15)4/h8-9,11,16-17H,6-7,10,12H2,1-5H3. The Bertz CT molecular complexity index is 360. The van der Waals surface area contributed by atoms with E-state index < -0.39 is 0 Å². The van der Waals surface area contributed by atoms with Crippen LogP contribution in [-0.2, 0) is 0 Å². The lowest BCUT2D eigenvalue weighted by atomic mass is 9.98. The van der Waals surface area contributed by atoms with E-state index in [1.165, 1.54) is 23.1 Å². The summed E-state index contributed by atoms with van der Waals surface area (Å²) in [6.07, 6.45) is 1.18. The molecule has 0 heterocycles. The van der Waals surface area contributed by atoms with Crippen LogP contribution >= 0.6 is 0 Å². The summed E-state index contributed by atoms with van der Waals surface area (Å²) in [7, 11) is 2.18. The van der Waals surface area contributed by atoms with Gasteiger partial charge < -0.3 is 10.2 Å². The van der Waals surface area contributed by atoms with E-state index in [0.29, 0.717) is 6.04 Å². The predicted octanol–water partition coefficient (Wildman–Crippen LogP) is 3.30. The molecular formula is C16H28N2. The van der Waals surface area contributed by atoms with Crippen LogP contribution in [0.1, 0.15) is 43.0 Å². The molecule has 0 saturated heterocycles. The quantitative estimate of drug-likeness (QED) is 0.796. The number of rotatable bonds is 7. The summed E-state index contributed by atoms with van der Waals surface area (Å²) in [4.78, 5) is 2.37. The van der Waals surface area contributed by atoms with Crippen LogP contribution < -0.4 is 5.32 Å². The molecule has 0 aliphatic rings. The Morgan fingerprint density at radius 1 is 1.22 bits per heavy atom. The molecule has 0 aliphatic carbocycles. The van der Waals surface area contributed by atoms with Gasteiger partial charge in [-0.05, 0) is 51.5 Å². The number of hydrogen-bond donors (Lipinski definition) is 1. The number of hydrogen-bond acceptors (Lipinski definition) is 2. The highest BCUT2D eigenvalue weighted by atomic mass is 15.1. The Kier molecular flexibility index (Phi) is 6.37. The van der Waals surface area contributed by atoms with Crippen LogP contribution in [0.2, 0.25) is 0 Å². The van der Waals surface area contributed by atoms with Gasteiger partial charge >= 0.3 is 0 Å². The van der Waals surface area contributed by atoms with Crippen LogP contribution in [0.15, 0.2) is 18.2 Å². The molecule has 0 saturated carbocycles. The van der Waals surface area contributed by atoms with E-state index in [-0.39, 0.29) is 0 Å². The minimum atomic E-state index is 0.440. The van der Waals surface area contributed by atoms with E-state index in [2.05, 4.69) is 63.2 Å². The van der Waals surface area contributed by atoms with Crippen LogP contribution in [-0.4, -0.2) is 31.6 Å². The van der Waals surface area contributed by atoms with Gasteiger partial charge in [-0.15, -0.1) is 0 Å². The molecule has 0 amide bonds. The van der Waals surface area contributed by atoms with Gasteiger partial charge in [-0.1, -0.05) is 37.6 Å². The topological polar surface area (TPSA) is 15.3 Å². The summed E-state index contributed by atoms with van der Waals surface area (Å²) in [6.45, 7) is 12.0. The molecule has 1 rings (SSSR count). The average molecular weight is 248 g/mol. The number of benzene rings is 1. The molecule has 0 aromatic heterocycles. The van der Waals surface area contributed by atoms with Crippen molar-refractivity contribution in [3.05, 3.63) is 34.9 Å². The number of nitrogens with zero attached hydrogens (tertiary/aromatic N) is 1. The first-order chi connectivity index (χ1) is 8.58. The van der Waals surface area contributed by atoms with Crippen molar-refractivity contribution in [3.63, 3.8) is 0 Å². The van der Waals surface area contributed by atoms with Crippen molar-refractivity contribution in [2.24, 2.45) is 0 Å². The van der Waals surface area contributed by atoms with E-state index >= 15 is 0 Å². The monoisotopic (exact) mass is 248 g/mol. The molecule has 1 N–H and O–H groups in total. The van der Waals surface area contributed by atoms with Gasteiger partial charge in [0.15, 0.2) is 0 Å². The zero-order valence-electron chi connectivity index (χ0n) is 12.6. The second-order valence-electron chi connectivity index (χ2n) is 5.22. The van der Waals surface area contributed by atoms with Crippen LogP contribution in [0.4, 0.5) is 0 Å². The summed E-state index contributed by atoms with van der Waals surface area (Å²) in [6, 6.07) is 7.22. The van der Waals surface area contributed by atoms with Crippen LogP contribution in [0, 0.1) is 13.8 Å². The molecule has 0 aliphatic heterocycles. The van der Waals surface area contributed by atoms with E-state index in [1.807, 2.05) is 0 Å². The molecule has 18 heavy (non-hydrogen) atoms. The smallest absolute Gasteiger partial charge is 0.0451 e. The van der Waals surface area contributed by atoms with Crippen molar-refractivity contribution in [2.75, 3.05) is 26.7 Å². The van der Waals surface area contributed by atoms with Gasteiger partial charge in [-0.25, -0.2) is 0 Å². The van der Waals surface area contributed by atoms with Crippen molar-refractivity contribution in [2.45, 2.75) is 40.2 Å². The lowest BCUT2D eigenvalue weighted by Gasteiger charge is -2.26. The Morgan fingerprint density at radius 2 is 1.94 bits per heavy atom. The van der Waals surface area contributed by atoms with E-state index in [1.54, 1.807) is 0 Å². The molecule has 1 aromatic carbocycles. The third-order valence-corrected chi connectivity index (χ3v) is 3.48. The summed E-state index contributed by atoms with van der Waals surface area (Å²) in [5.74, 6) is 0. The van der Waals surface area contributed by atoms with Crippen molar-refractivity contribution in [1.29, 1.82) is 0 Å². The van der Waals surface area contributed by atoms with Crippen molar-refractivity contribution in [1.82, 2.24) is 10.2 Å². The maximum Gasteiger partial charge on any atom is 0.0451 e. The van der Waals surface area contributed by atoms with E-state index in [4.69, 9.17) is 0 Å². The molecule has 0 radical (unpaired) electrons. The van der Waals surface area contributed by atoms with Gasteiger partial charge in [0.05, 0.1) is 0 Å². The maximum atomic E-state index is 3.67. The summed E-state index contributed by atoms with van der Waals surface area (Å²) < 4.78 is 0. The van der Waals surface area contributed by atoms with Gasteiger partial charge in [0.25, 0.3) is 0 Å². The third-order valence-electron chi connectivity index (χ3n) is 3.48. The number of likely N-dealkylation sites (N-methyl/N-ethyl adjacent to an activating group) is 1. The third kappa shape index (κ3) is 4.43. The SMILES string of the molecule is CCCNC(CN(C)CC)c1ccc(C)cc1C. The molecule has 1 unspecified atom stereocenters. The van der Waals surface area contributed by atoms with Crippen molar-refractivity contribution >= 4 is 0 Å². The van der Waals surface area contributed by atoms with Gasteiger partial charge in [0.1, 0.15) is 0 Å². The first-order valence-electron chi connectivity index (χ1n) is 7.07. The zero-order valence-corrected chi connectivity index (χ0v) is 12.6. The second kappa shape index (κ2) is 7.55. The molecule has 102 valence electrons. The molecule has 2 nitrogen and oxygen atoms in total. The van der Waals surface area contributed by atoms with E-state index in [9.17, 15) is 0 Å². The second-order valence-corrected chi connectivity index (χ2v) is 5.22. The maximum absolute atomic E-state index is 3.67. The summed E-state index contributed by atoms with van der Waals surface area (Å²) in [5, 5.41) is 3.67. The largest absolute Gasteiger partial charge is 0.309 e. The highest BCUT2D eigenvalue weighted by Gasteiger charge is 2.14. The van der Waals surface area contributed by atoms with Crippen LogP contribution in [0.5, 0.6) is 0 Å². The first kappa shape index (κ1) is 15.2. The summed E-state index contributed by atoms with van der Waals surface area (Å²) in [5.41, 5.74) is 4.18. The fraction of sp³-hybridized carbons (Fsp3) is 0.625. The minimum Gasteiger partial charge on any atom is -0.309 e. The Labute approximate surface area is 112 Å². The van der Waals surface area contributed by atoms with Crippen molar-refractivity contribution < 1.29 is 0 Å². The predicted molar refractivity (Wildman–Crippen MR) is 80.1 cm³/mol. The molecule has 1 aromatic rings. The normalized spacial score (nSPS) is 13.0. The van der Waals surface area contributed by atoms with Gasteiger partial charge in [0.2, 0.25) is 0 Å². The highest BCUT2D eigenvalue weighted by molar-refractivity contribution is 5.33. The Morgan fingerprint density at radius 3 is 2.50 bits per heavy atom. The minimum absolute atomic E-state index is 0.440. The van der Waals surface area contributed by atoms with Gasteiger partial charge in [0, 0.05) is 12.6 Å². The Hall–Kier alpha value is -0.860. The zero-order chi connectivity index (χ0) is 13.5. The molecule has 0 bridgehead atoms. The highest BCUT2D eigenvalue weighted by Crippen LogP contribution is 2.20. The molecule has 1 atom stereocenters. The fourth-order valence-electron chi connectivity index (χ4n) is 2.25. The van der Waals surface area contributed by atoms with Gasteiger partial charge in [-0.2, -0.15) is 0 Å². The van der Waals surface area contributed by atoms with Crippen LogP contribution in [0.25, 0.3) is 0 Å². The first-order valence-corrected chi connectivity index (χ1v) is 7.07. The van der Waals surface area contributed by atoms with Gasteiger partial charge in [-0.3, -0.25) is 0 Å². The Balaban J connectivity index is 2.86. The van der Waals surface area contributed by atoms with Crippen LogP contribution in [0.3, 0.4) is 0 Å².